The Bertz CT molecular complexity index is 166. The summed E-state index contributed by atoms with van der Waals surface area (Å²) in [5.74, 6) is 0. The molecular formula is C10H16O. The molecule has 0 N–H and O–H groups in total. The third kappa shape index (κ3) is 9.02. The molecule has 0 aliphatic carbocycles. The molecule has 0 rings (SSSR count). The van der Waals surface area contributed by atoms with Crippen LogP contribution in [0.4, 0.5) is 0 Å². The molecule has 0 aromatic heterocycles. The van der Waals surface area contributed by atoms with E-state index in [4.69, 9.17) is 4.74 Å². The van der Waals surface area contributed by atoms with Gasteiger partial charge in [0, 0.05) is 6.42 Å². The van der Waals surface area contributed by atoms with Gasteiger partial charge in [-0.15, -0.1) is 6.58 Å². The van der Waals surface area contributed by atoms with Crippen LogP contribution in [-0.2, 0) is 4.74 Å². The van der Waals surface area contributed by atoms with Crippen molar-refractivity contribution in [3.63, 3.8) is 0 Å². The van der Waals surface area contributed by atoms with Crippen LogP contribution < -0.4 is 0 Å². The summed E-state index contributed by atoms with van der Waals surface area (Å²) in [6, 6.07) is 0. The summed E-state index contributed by atoms with van der Waals surface area (Å²) in [6.07, 6.45) is 4.43. The fourth-order valence-corrected chi connectivity index (χ4v) is 0.465. The van der Waals surface area contributed by atoms with E-state index in [1.165, 1.54) is 0 Å². The Morgan fingerprint density at radius 1 is 1.36 bits per heavy atom. The highest BCUT2D eigenvalue weighted by Crippen LogP contribution is 1.96. The lowest BCUT2D eigenvalue weighted by molar-refractivity contribution is 0.253. The van der Waals surface area contributed by atoms with E-state index in [2.05, 4.69) is 13.2 Å². The predicted octanol–water partition coefficient (Wildman–Crippen LogP) is 3.06. The lowest BCUT2D eigenvalue weighted by Crippen LogP contribution is -1.87. The molecule has 62 valence electrons. The van der Waals surface area contributed by atoms with Crippen LogP contribution in [0.3, 0.4) is 0 Å². The van der Waals surface area contributed by atoms with Crippen LogP contribution in [0.5, 0.6) is 0 Å². The Hall–Kier alpha value is -0.980. The van der Waals surface area contributed by atoms with Crippen LogP contribution in [0.15, 0.2) is 36.6 Å². The number of hydrogen-bond acceptors (Lipinski definition) is 1. The van der Waals surface area contributed by atoms with Crippen molar-refractivity contribution in [3.05, 3.63) is 36.6 Å². The summed E-state index contributed by atoms with van der Waals surface area (Å²) >= 11 is 0. The van der Waals surface area contributed by atoms with Gasteiger partial charge in [0.2, 0.25) is 0 Å². The Balaban J connectivity index is 3.27. The Kier molecular flexibility index (Phi) is 5.26. The molecule has 0 aromatic carbocycles. The smallest absolute Gasteiger partial charge is 0.0910 e. The molecule has 1 nitrogen and oxygen atoms in total. The maximum absolute atomic E-state index is 5.15. The second-order valence-electron chi connectivity index (χ2n) is 2.73. The minimum Gasteiger partial charge on any atom is -0.501 e. The van der Waals surface area contributed by atoms with Crippen LogP contribution >= 0.6 is 0 Å². The zero-order valence-electron chi connectivity index (χ0n) is 7.39. The zero-order chi connectivity index (χ0) is 8.69. The van der Waals surface area contributed by atoms with E-state index < -0.39 is 0 Å². The second kappa shape index (κ2) is 5.78. The molecular weight excluding hydrogens is 136 g/mol. The largest absolute Gasteiger partial charge is 0.501 e. The molecule has 0 aromatic rings. The number of allylic oxidation sites excluding steroid dienone is 2. The molecule has 0 saturated heterocycles. The van der Waals surface area contributed by atoms with Gasteiger partial charge in [-0.05, 0) is 19.9 Å². The van der Waals surface area contributed by atoms with E-state index in [0.717, 1.165) is 17.6 Å². The van der Waals surface area contributed by atoms with Crippen molar-refractivity contribution in [2.45, 2.75) is 20.3 Å². The average Bonchev–Trinajstić information content (AvgIpc) is 1.85. The molecule has 0 atom stereocenters. The first-order valence-electron chi connectivity index (χ1n) is 3.71. The molecule has 0 unspecified atom stereocenters. The minimum absolute atomic E-state index is 0.707. The normalized spacial score (nSPS) is 10.0. The molecule has 1 heteroatoms. The second-order valence-corrected chi connectivity index (χ2v) is 2.73. The van der Waals surface area contributed by atoms with E-state index in [-0.39, 0.29) is 0 Å². The molecule has 11 heavy (non-hydrogen) atoms. The van der Waals surface area contributed by atoms with Gasteiger partial charge in [0.1, 0.15) is 0 Å². The molecule has 0 aliphatic heterocycles. The number of ether oxygens (including phenoxy) is 1. The van der Waals surface area contributed by atoms with E-state index in [0.29, 0.717) is 6.61 Å². The Morgan fingerprint density at radius 2 is 2.00 bits per heavy atom. The molecule has 0 spiro atoms. The first-order chi connectivity index (χ1) is 5.13. The SMILES string of the molecule is C=C(C)/C=C/OCCC(=C)C. The topological polar surface area (TPSA) is 9.23 Å². The van der Waals surface area contributed by atoms with Crippen molar-refractivity contribution in [2.24, 2.45) is 0 Å². The fourth-order valence-electron chi connectivity index (χ4n) is 0.465. The van der Waals surface area contributed by atoms with Gasteiger partial charge in [-0.3, -0.25) is 0 Å². The van der Waals surface area contributed by atoms with Crippen LogP contribution in [0.1, 0.15) is 20.3 Å². The van der Waals surface area contributed by atoms with Gasteiger partial charge in [0.05, 0.1) is 12.9 Å². The fraction of sp³-hybridized carbons (Fsp3) is 0.400. The first kappa shape index (κ1) is 10.0. The van der Waals surface area contributed by atoms with Gasteiger partial charge in [-0.1, -0.05) is 17.7 Å². The van der Waals surface area contributed by atoms with E-state index in [9.17, 15) is 0 Å². The third-order valence-corrected chi connectivity index (χ3v) is 1.10. The molecule has 0 aliphatic rings. The van der Waals surface area contributed by atoms with Crippen LogP contribution in [0, 0.1) is 0 Å². The number of rotatable bonds is 5. The van der Waals surface area contributed by atoms with Crippen LogP contribution in [0.25, 0.3) is 0 Å². The molecule has 0 fully saturated rings. The summed E-state index contributed by atoms with van der Waals surface area (Å²) in [4.78, 5) is 0. The van der Waals surface area contributed by atoms with Gasteiger partial charge < -0.3 is 4.74 Å². The number of hydrogen-bond donors (Lipinski definition) is 0. The standard InChI is InChI=1S/C10H16O/c1-9(2)5-7-11-8-6-10(3)4/h5,7H,1,3,6,8H2,2,4H3/b7-5+. The van der Waals surface area contributed by atoms with E-state index in [1.54, 1.807) is 6.26 Å². The molecule has 0 amide bonds. The van der Waals surface area contributed by atoms with E-state index in [1.807, 2.05) is 19.9 Å². The summed E-state index contributed by atoms with van der Waals surface area (Å²) in [7, 11) is 0. The van der Waals surface area contributed by atoms with Gasteiger partial charge in [-0.25, -0.2) is 0 Å². The molecule has 0 heterocycles. The summed E-state index contributed by atoms with van der Waals surface area (Å²) in [6.45, 7) is 12.1. The molecule has 0 radical (unpaired) electrons. The third-order valence-electron chi connectivity index (χ3n) is 1.10. The predicted molar refractivity (Wildman–Crippen MR) is 49.3 cm³/mol. The van der Waals surface area contributed by atoms with Crippen molar-refractivity contribution in [3.8, 4) is 0 Å². The van der Waals surface area contributed by atoms with Crippen molar-refractivity contribution < 1.29 is 4.74 Å². The highest BCUT2D eigenvalue weighted by molar-refractivity contribution is 5.08. The summed E-state index contributed by atoms with van der Waals surface area (Å²) in [5.41, 5.74) is 2.15. The van der Waals surface area contributed by atoms with Crippen LogP contribution in [0.2, 0.25) is 0 Å². The highest BCUT2D eigenvalue weighted by Gasteiger charge is 1.84. The highest BCUT2D eigenvalue weighted by atomic mass is 16.5. The maximum Gasteiger partial charge on any atom is 0.0910 e. The lowest BCUT2D eigenvalue weighted by atomic mass is 10.3. The molecule has 0 bridgehead atoms. The van der Waals surface area contributed by atoms with Crippen molar-refractivity contribution in [2.75, 3.05) is 6.61 Å². The summed E-state index contributed by atoms with van der Waals surface area (Å²) < 4.78 is 5.15. The average molecular weight is 152 g/mol. The Morgan fingerprint density at radius 3 is 2.45 bits per heavy atom. The maximum atomic E-state index is 5.15. The van der Waals surface area contributed by atoms with Gasteiger partial charge in [-0.2, -0.15) is 0 Å². The van der Waals surface area contributed by atoms with Crippen LogP contribution in [-0.4, -0.2) is 6.61 Å². The molecule has 0 saturated carbocycles. The summed E-state index contributed by atoms with van der Waals surface area (Å²) in [5, 5.41) is 0. The quantitative estimate of drug-likeness (QED) is 0.254. The monoisotopic (exact) mass is 152 g/mol. The van der Waals surface area contributed by atoms with Crippen molar-refractivity contribution >= 4 is 0 Å². The van der Waals surface area contributed by atoms with Gasteiger partial charge in [0.25, 0.3) is 0 Å². The lowest BCUT2D eigenvalue weighted by Gasteiger charge is -1.98. The van der Waals surface area contributed by atoms with Crippen molar-refractivity contribution in [1.82, 2.24) is 0 Å². The van der Waals surface area contributed by atoms with E-state index >= 15 is 0 Å². The minimum atomic E-state index is 0.707. The Labute approximate surface area is 69.1 Å². The van der Waals surface area contributed by atoms with Crippen molar-refractivity contribution in [1.29, 1.82) is 0 Å². The van der Waals surface area contributed by atoms with Gasteiger partial charge >= 0.3 is 0 Å². The van der Waals surface area contributed by atoms with Gasteiger partial charge in [0.15, 0.2) is 0 Å². The first-order valence-corrected chi connectivity index (χ1v) is 3.71. The zero-order valence-corrected chi connectivity index (χ0v) is 7.39.